The van der Waals surface area contributed by atoms with E-state index in [0.29, 0.717) is 0 Å². The van der Waals surface area contributed by atoms with E-state index in [0.717, 1.165) is 43.3 Å². The van der Waals surface area contributed by atoms with E-state index in [1.807, 2.05) is 12.1 Å². The van der Waals surface area contributed by atoms with Crippen molar-refractivity contribution in [1.29, 1.82) is 0 Å². The van der Waals surface area contributed by atoms with Crippen LogP contribution in [0.1, 0.15) is 5.69 Å². The number of hydrogen-bond donors (Lipinski definition) is 1. The number of fused-ring (bicyclic) bond motifs is 1. The standard InChI is InChI=1S/C14H18ClN3/c1-17-12(10-18-7-5-16-6-8-18)9-11-3-2-4-13(15)14(11)17/h2-4,9,16H,5-8,10H2,1H3. The largest absolute Gasteiger partial charge is 0.345 e. The Balaban J connectivity index is 1.92. The van der Waals surface area contributed by atoms with E-state index < -0.39 is 0 Å². The third-order valence-electron chi connectivity index (χ3n) is 3.70. The van der Waals surface area contributed by atoms with Gasteiger partial charge in [-0.15, -0.1) is 0 Å². The molecule has 1 saturated heterocycles. The monoisotopic (exact) mass is 263 g/mol. The molecule has 18 heavy (non-hydrogen) atoms. The maximum absolute atomic E-state index is 6.27. The van der Waals surface area contributed by atoms with Crippen molar-refractivity contribution in [3.8, 4) is 0 Å². The van der Waals surface area contributed by atoms with Crippen molar-refractivity contribution >= 4 is 22.5 Å². The molecular formula is C14H18ClN3. The predicted molar refractivity (Wildman–Crippen MR) is 76.1 cm³/mol. The Bertz CT molecular complexity index is 555. The maximum atomic E-state index is 6.27. The topological polar surface area (TPSA) is 20.2 Å². The third-order valence-corrected chi connectivity index (χ3v) is 4.01. The van der Waals surface area contributed by atoms with E-state index in [2.05, 4.69) is 34.0 Å². The first-order chi connectivity index (χ1) is 8.75. The lowest BCUT2D eigenvalue weighted by atomic mass is 10.2. The highest BCUT2D eigenvalue weighted by Gasteiger charge is 2.14. The van der Waals surface area contributed by atoms with Gasteiger partial charge < -0.3 is 9.88 Å². The first kappa shape index (κ1) is 12.0. The van der Waals surface area contributed by atoms with Gasteiger partial charge in [-0.2, -0.15) is 0 Å². The number of para-hydroxylation sites is 1. The smallest absolute Gasteiger partial charge is 0.0669 e. The molecule has 0 aliphatic carbocycles. The molecule has 1 aromatic carbocycles. The zero-order valence-corrected chi connectivity index (χ0v) is 11.4. The van der Waals surface area contributed by atoms with E-state index in [1.54, 1.807) is 0 Å². The van der Waals surface area contributed by atoms with Gasteiger partial charge in [0.1, 0.15) is 0 Å². The lowest BCUT2D eigenvalue weighted by molar-refractivity contribution is 0.229. The summed E-state index contributed by atoms with van der Waals surface area (Å²) in [5, 5.41) is 5.45. The van der Waals surface area contributed by atoms with E-state index in [4.69, 9.17) is 11.6 Å². The highest BCUT2D eigenvalue weighted by molar-refractivity contribution is 6.35. The molecule has 0 saturated carbocycles. The van der Waals surface area contributed by atoms with Crippen LogP contribution in [0.2, 0.25) is 5.02 Å². The van der Waals surface area contributed by atoms with Gasteiger partial charge in [-0.25, -0.2) is 0 Å². The summed E-state index contributed by atoms with van der Waals surface area (Å²) in [5.41, 5.74) is 2.48. The summed E-state index contributed by atoms with van der Waals surface area (Å²) in [5.74, 6) is 0. The lowest BCUT2D eigenvalue weighted by Crippen LogP contribution is -2.43. The summed E-state index contributed by atoms with van der Waals surface area (Å²) in [6.07, 6.45) is 0. The Hall–Kier alpha value is -1.03. The Morgan fingerprint density at radius 2 is 2.06 bits per heavy atom. The van der Waals surface area contributed by atoms with Crippen LogP contribution in [0.25, 0.3) is 10.9 Å². The van der Waals surface area contributed by atoms with Crippen LogP contribution in [-0.2, 0) is 13.6 Å². The van der Waals surface area contributed by atoms with Crippen LogP contribution in [0.5, 0.6) is 0 Å². The Morgan fingerprint density at radius 3 is 2.78 bits per heavy atom. The Morgan fingerprint density at radius 1 is 1.28 bits per heavy atom. The summed E-state index contributed by atoms with van der Waals surface area (Å²) in [6, 6.07) is 8.35. The Labute approximate surface area is 112 Å². The second-order valence-corrected chi connectivity index (χ2v) is 5.31. The van der Waals surface area contributed by atoms with Gasteiger partial charge in [-0.3, -0.25) is 4.90 Å². The molecule has 0 bridgehead atoms. The zero-order chi connectivity index (χ0) is 12.5. The molecule has 2 aromatic rings. The molecule has 1 aromatic heterocycles. The molecular weight excluding hydrogens is 246 g/mol. The zero-order valence-electron chi connectivity index (χ0n) is 10.6. The van der Waals surface area contributed by atoms with Crippen molar-refractivity contribution < 1.29 is 0 Å². The first-order valence-electron chi connectivity index (χ1n) is 6.41. The summed E-state index contributed by atoms with van der Waals surface area (Å²) in [4.78, 5) is 2.48. The van der Waals surface area contributed by atoms with Crippen LogP contribution >= 0.6 is 11.6 Å². The molecule has 0 unspecified atom stereocenters. The van der Waals surface area contributed by atoms with Crippen molar-refractivity contribution in [2.45, 2.75) is 6.54 Å². The third kappa shape index (κ3) is 2.14. The van der Waals surface area contributed by atoms with E-state index in [9.17, 15) is 0 Å². The highest BCUT2D eigenvalue weighted by atomic mass is 35.5. The van der Waals surface area contributed by atoms with Crippen molar-refractivity contribution in [3.05, 3.63) is 35.0 Å². The minimum atomic E-state index is 0.835. The maximum Gasteiger partial charge on any atom is 0.0669 e. The van der Waals surface area contributed by atoms with Crippen LogP contribution < -0.4 is 5.32 Å². The molecule has 1 aliphatic heterocycles. The molecule has 1 fully saturated rings. The second kappa shape index (κ2) is 4.92. The molecule has 96 valence electrons. The lowest BCUT2D eigenvalue weighted by Gasteiger charge is -2.27. The van der Waals surface area contributed by atoms with Gasteiger partial charge in [0.2, 0.25) is 0 Å². The van der Waals surface area contributed by atoms with Crippen molar-refractivity contribution in [2.24, 2.45) is 7.05 Å². The van der Waals surface area contributed by atoms with Gasteiger partial charge in [-0.05, 0) is 12.1 Å². The first-order valence-corrected chi connectivity index (χ1v) is 6.79. The molecule has 2 heterocycles. The predicted octanol–water partition coefficient (Wildman–Crippen LogP) is 2.24. The molecule has 0 radical (unpaired) electrons. The van der Waals surface area contributed by atoms with Gasteiger partial charge in [0.05, 0.1) is 10.5 Å². The number of piperazine rings is 1. The average Bonchev–Trinajstić information content (AvgIpc) is 2.69. The molecule has 1 N–H and O–H groups in total. The number of nitrogens with zero attached hydrogens (tertiary/aromatic N) is 2. The number of nitrogens with one attached hydrogen (secondary N) is 1. The van der Waals surface area contributed by atoms with Gasteiger partial charge in [0.25, 0.3) is 0 Å². The van der Waals surface area contributed by atoms with Crippen LogP contribution in [0.4, 0.5) is 0 Å². The van der Waals surface area contributed by atoms with E-state index in [1.165, 1.54) is 11.1 Å². The van der Waals surface area contributed by atoms with Crippen LogP contribution in [0, 0.1) is 0 Å². The van der Waals surface area contributed by atoms with Gasteiger partial charge >= 0.3 is 0 Å². The molecule has 3 rings (SSSR count). The number of halogens is 1. The minimum absolute atomic E-state index is 0.835. The number of benzene rings is 1. The van der Waals surface area contributed by atoms with Crippen molar-refractivity contribution in [2.75, 3.05) is 26.2 Å². The number of aryl methyl sites for hydroxylation is 1. The minimum Gasteiger partial charge on any atom is -0.345 e. The number of rotatable bonds is 2. The van der Waals surface area contributed by atoms with Crippen LogP contribution in [0.3, 0.4) is 0 Å². The second-order valence-electron chi connectivity index (χ2n) is 4.90. The molecule has 3 nitrogen and oxygen atoms in total. The number of hydrogen-bond acceptors (Lipinski definition) is 2. The van der Waals surface area contributed by atoms with Crippen LogP contribution in [-0.4, -0.2) is 35.6 Å². The summed E-state index contributed by atoms with van der Waals surface area (Å²) >= 11 is 6.27. The van der Waals surface area contributed by atoms with Gasteiger partial charge in [0.15, 0.2) is 0 Å². The average molecular weight is 264 g/mol. The summed E-state index contributed by atoms with van der Waals surface area (Å²) < 4.78 is 2.22. The van der Waals surface area contributed by atoms with E-state index in [-0.39, 0.29) is 0 Å². The SMILES string of the molecule is Cn1c(CN2CCNCC2)cc2cccc(Cl)c21. The molecule has 1 aliphatic rings. The fourth-order valence-electron chi connectivity index (χ4n) is 2.67. The summed E-state index contributed by atoms with van der Waals surface area (Å²) in [7, 11) is 2.10. The molecule has 0 atom stereocenters. The normalized spacial score (nSPS) is 17.4. The summed E-state index contributed by atoms with van der Waals surface area (Å²) in [6.45, 7) is 5.42. The van der Waals surface area contributed by atoms with Crippen LogP contribution in [0.15, 0.2) is 24.3 Å². The van der Waals surface area contributed by atoms with Crippen molar-refractivity contribution in [1.82, 2.24) is 14.8 Å². The number of aromatic nitrogens is 1. The quantitative estimate of drug-likeness (QED) is 0.897. The fraction of sp³-hybridized carbons (Fsp3) is 0.429. The fourth-order valence-corrected chi connectivity index (χ4v) is 2.98. The molecule has 0 spiro atoms. The highest BCUT2D eigenvalue weighted by Crippen LogP contribution is 2.26. The van der Waals surface area contributed by atoms with Crippen molar-refractivity contribution in [3.63, 3.8) is 0 Å². The molecule has 0 amide bonds. The van der Waals surface area contributed by atoms with Gasteiger partial charge in [-0.1, -0.05) is 23.7 Å². The van der Waals surface area contributed by atoms with Gasteiger partial charge in [0, 0.05) is 50.9 Å². The van der Waals surface area contributed by atoms with E-state index >= 15 is 0 Å². The Kier molecular flexibility index (Phi) is 3.29. The molecule has 4 heteroatoms.